The second kappa shape index (κ2) is 8.98. The lowest BCUT2D eigenvalue weighted by Crippen LogP contribution is -2.31. The molecule has 0 spiro atoms. The van der Waals surface area contributed by atoms with Crippen molar-refractivity contribution in [3.8, 4) is 11.5 Å². The molecule has 2 aromatic carbocycles. The summed E-state index contributed by atoms with van der Waals surface area (Å²) in [5.41, 5.74) is 1.41. The summed E-state index contributed by atoms with van der Waals surface area (Å²) in [6, 6.07) is 12.8. The number of hydrogen-bond donors (Lipinski definition) is 2. The van der Waals surface area contributed by atoms with E-state index in [2.05, 4.69) is 15.4 Å². The van der Waals surface area contributed by atoms with Gasteiger partial charge in [-0.25, -0.2) is 0 Å². The van der Waals surface area contributed by atoms with Crippen LogP contribution in [0.2, 0.25) is 0 Å². The third-order valence-electron chi connectivity index (χ3n) is 3.42. The zero-order chi connectivity index (χ0) is 19.0. The Morgan fingerprint density at radius 3 is 2.46 bits per heavy atom. The van der Waals surface area contributed by atoms with Gasteiger partial charge >= 0.3 is 6.36 Å². The number of rotatable bonds is 8. The molecule has 2 aromatic rings. The minimum absolute atomic E-state index is 0.0575. The molecule has 0 aliphatic heterocycles. The Labute approximate surface area is 149 Å². The van der Waals surface area contributed by atoms with Crippen molar-refractivity contribution in [1.29, 1.82) is 0 Å². The molecule has 26 heavy (non-hydrogen) atoms. The van der Waals surface area contributed by atoms with E-state index < -0.39 is 6.36 Å². The molecule has 1 amide bonds. The average Bonchev–Trinajstić information content (AvgIpc) is 2.59. The maximum atomic E-state index is 12.2. The summed E-state index contributed by atoms with van der Waals surface area (Å²) in [7, 11) is 1.59. The van der Waals surface area contributed by atoms with E-state index in [4.69, 9.17) is 4.74 Å². The van der Waals surface area contributed by atoms with E-state index in [1.54, 1.807) is 13.2 Å². The summed E-state index contributed by atoms with van der Waals surface area (Å²) in [5.74, 6) is 0.154. The van der Waals surface area contributed by atoms with Crippen molar-refractivity contribution in [2.75, 3.05) is 25.5 Å². The SMILES string of the molecule is COc1ccc(CCNC(=O)CNc2cccc(OC(F)(F)F)c2)cc1. The van der Waals surface area contributed by atoms with E-state index in [0.29, 0.717) is 18.7 Å². The van der Waals surface area contributed by atoms with Gasteiger partial charge in [-0.05, 0) is 36.2 Å². The van der Waals surface area contributed by atoms with Crippen LogP contribution >= 0.6 is 0 Å². The molecule has 0 aliphatic rings. The number of benzene rings is 2. The first-order chi connectivity index (χ1) is 12.4. The molecule has 0 atom stereocenters. The van der Waals surface area contributed by atoms with E-state index in [1.807, 2.05) is 24.3 Å². The van der Waals surface area contributed by atoms with Gasteiger partial charge in [0.1, 0.15) is 11.5 Å². The lowest BCUT2D eigenvalue weighted by molar-refractivity contribution is -0.274. The van der Waals surface area contributed by atoms with Gasteiger partial charge in [0.05, 0.1) is 13.7 Å². The molecule has 8 heteroatoms. The third kappa shape index (κ3) is 6.92. The quantitative estimate of drug-likeness (QED) is 0.750. The highest BCUT2D eigenvalue weighted by Gasteiger charge is 2.31. The van der Waals surface area contributed by atoms with Crippen LogP contribution in [0.15, 0.2) is 48.5 Å². The summed E-state index contributed by atoms with van der Waals surface area (Å²) in [4.78, 5) is 11.8. The minimum Gasteiger partial charge on any atom is -0.497 e. The average molecular weight is 368 g/mol. The number of amides is 1. The van der Waals surface area contributed by atoms with Gasteiger partial charge in [0.2, 0.25) is 5.91 Å². The number of nitrogens with one attached hydrogen (secondary N) is 2. The van der Waals surface area contributed by atoms with Gasteiger partial charge < -0.3 is 20.1 Å². The first-order valence-corrected chi connectivity index (χ1v) is 7.85. The van der Waals surface area contributed by atoms with Crippen molar-refractivity contribution < 1.29 is 27.4 Å². The van der Waals surface area contributed by atoms with Gasteiger partial charge in [0.25, 0.3) is 0 Å². The molecule has 0 heterocycles. The number of ether oxygens (including phenoxy) is 2. The van der Waals surface area contributed by atoms with E-state index in [0.717, 1.165) is 11.3 Å². The molecule has 0 unspecified atom stereocenters. The fourth-order valence-corrected chi connectivity index (χ4v) is 2.19. The topological polar surface area (TPSA) is 59.6 Å². The Morgan fingerprint density at radius 1 is 1.08 bits per heavy atom. The highest BCUT2D eigenvalue weighted by atomic mass is 19.4. The lowest BCUT2D eigenvalue weighted by atomic mass is 10.1. The second-order valence-corrected chi connectivity index (χ2v) is 5.38. The van der Waals surface area contributed by atoms with E-state index in [9.17, 15) is 18.0 Å². The molecular formula is C18H19F3N2O3. The normalized spacial score (nSPS) is 10.9. The van der Waals surface area contributed by atoms with Crippen LogP contribution in [0.5, 0.6) is 11.5 Å². The second-order valence-electron chi connectivity index (χ2n) is 5.38. The van der Waals surface area contributed by atoms with Crippen molar-refractivity contribution in [2.24, 2.45) is 0 Å². The minimum atomic E-state index is -4.75. The van der Waals surface area contributed by atoms with Gasteiger partial charge in [0.15, 0.2) is 0 Å². The van der Waals surface area contributed by atoms with Gasteiger partial charge in [-0.2, -0.15) is 0 Å². The maximum absolute atomic E-state index is 12.2. The summed E-state index contributed by atoms with van der Waals surface area (Å²) >= 11 is 0. The molecule has 0 aromatic heterocycles. The van der Waals surface area contributed by atoms with Crippen LogP contribution in [0.25, 0.3) is 0 Å². The smallest absolute Gasteiger partial charge is 0.497 e. The Kier molecular flexibility index (Phi) is 6.71. The highest BCUT2D eigenvalue weighted by Crippen LogP contribution is 2.24. The predicted molar refractivity (Wildman–Crippen MR) is 91.3 cm³/mol. The molecule has 0 radical (unpaired) electrons. The van der Waals surface area contributed by atoms with Crippen molar-refractivity contribution in [3.05, 3.63) is 54.1 Å². The van der Waals surface area contributed by atoms with E-state index in [-0.39, 0.29) is 18.2 Å². The number of anilines is 1. The van der Waals surface area contributed by atoms with Crippen LogP contribution in [0, 0.1) is 0 Å². The predicted octanol–water partition coefficient (Wildman–Crippen LogP) is 3.36. The molecule has 0 saturated carbocycles. The lowest BCUT2D eigenvalue weighted by Gasteiger charge is -2.11. The fraction of sp³-hybridized carbons (Fsp3) is 0.278. The number of hydrogen-bond acceptors (Lipinski definition) is 4. The number of alkyl halides is 3. The molecule has 0 fully saturated rings. The van der Waals surface area contributed by atoms with Crippen LogP contribution in [-0.4, -0.2) is 32.5 Å². The summed E-state index contributed by atoms with van der Waals surface area (Å²) in [6.45, 7) is 0.391. The monoisotopic (exact) mass is 368 g/mol. The molecule has 0 aliphatic carbocycles. The van der Waals surface area contributed by atoms with Crippen molar-refractivity contribution in [1.82, 2.24) is 5.32 Å². The van der Waals surface area contributed by atoms with Crippen LogP contribution < -0.4 is 20.1 Å². The molecule has 0 bridgehead atoms. The van der Waals surface area contributed by atoms with Crippen molar-refractivity contribution in [3.63, 3.8) is 0 Å². The third-order valence-corrected chi connectivity index (χ3v) is 3.42. The molecule has 2 rings (SSSR count). The first kappa shape index (κ1) is 19.4. The van der Waals surface area contributed by atoms with Gasteiger partial charge in [-0.1, -0.05) is 18.2 Å². The summed E-state index contributed by atoms with van der Waals surface area (Å²) in [6.07, 6.45) is -4.10. The van der Waals surface area contributed by atoms with E-state index in [1.165, 1.54) is 18.2 Å². The first-order valence-electron chi connectivity index (χ1n) is 7.85. The van der Waals surface area contributed by atoms with Gasteiger partial charge in [-0.15, -0.1) is 13.2 Å². The summed E-state index contributed by atoms with van der Waals surface area (Å²) in [5, 5.41) is 5.50. The van der Waals surface area contributed by atoms with Crippen molar-refractivity contribution >= 4 is 11.6 Å². The molecule has 140 valence electrons. The van der Waals surface area contributed by atoms with Crippen molar-refractivity contribution in [2.45, 2.75) is 12.8 Å². The number of carbonyl (C=O) groups excluding carboxylic acids is 1. The Hall–Kier alpha value is -2.90. The molecular weight excluding hydrogens is 349 g/mol. The molecule has 0 saturated heterocycles. The largest absolute Gasteiger partial charge is 0.573 e. The Bertz CT molecular complexity index is 718. The van der Waals surface area contributed by atoms with Crippen LogP contribution in [-0.2, 0) is 11.2 Å². The molecule has 5 nitrogen and oxygen atoms in total. The highest BCUT2D eigenvalue weighted by molar-refractivity contribution is 5.80. The summed E-state index contributed by atoms with van der Waals surface area (Å²) < 4.78 is 45.5. The van der Waals surface area contributed by atoms with E-state index >= 15 is 0 Å². The fourth-order valence-electron chi connectivity index (χ4n) is 2.19. The van der Waals surface area contributed by atoms with Crippen LogP contribution in [0.3, 0.4) is 0 Å². The molecule has 2 N–H and O–H groups in total. The maximum Gasteiger partial charge on any atom is 0.573 e. The number of halogens is 3. The zero-order valence-electron chi connectivity index (χ0n) is 14.1. The number of carbonyl (C=O) groups is 1. The van der Waals surface area contributed by atoms with Gasteiger partial charge in [0, 0.05) is 18.3 Å². The Morgan fingerprint density at radius 2 is 1.81 bits per heavy atom. The van der Waals surface area contributed by atoms with Gasteiger partial charge in [-0.3, -0.25) is 4.79 Å². The standard InChI is InChI=1S/C18H19F3N2O3/c1-25-15-7-5-13(6-8-15)9-10-22-17(24)12-23-14-3-2-4-16(11-14)26-18(19,20)21/h2-8,11,23H,9-10,12H2,1H3,(H,22,24). The zero-order valence-corrected chi connectivity index (χ0v) is 14.1. The van der Waals surface area contributed by atoms with Crippen LogP contribution in [0.4, 0.5) is 18.9 Å². The van der Waals surface area contributed by atoms with Crippen LogP contribution in [0.1, 0.15) is 5.56 Å². The number of methoxy groups -OCH3 is 1. The Balaban J connectivity index is 1.73.